The topological polar surface area (TPSA) is 0 Å². The predicted molar refractivity (Wildman–Crippen MR) is 139 cm³/mol. The maximum absolute atomic E-state index is 3.93. The van der Waals surface area contributed by atoms with Crippen molar-refractivity contribution in [3.05, 3.63) is 109 Å². The monoisotopic (exact) mass is 392 g/mol. The normalized spacial score (nSPS) is 9.34. The van der Waals surface area contributed by atoms with Gasteiger partial charge in [-0.25, -0.2) is 0 Å². The molecule has 0 atom stereocenters. The van der Waals surface area contributed by atoms with E-state index in [2.05, 4.69) is 25.0 Å². The van der Waals surface area contributed by atoms with Crippen molar-refractivity contribution < 1.29 is 0 Å². The zero-order valence-corrected chi connectivity index (χ0v) is 20.4. The molecule has 0 aliphatic rings. The molecule has 0 unspecified atom stereocenters. The number of benzene rings is 1. The summed E-state index contributed by atoms with van der Waals surface area (Å²) in [5.41, 5.74) is 3.24. The smallest absolute Gasteiger partial charge is 0.0245 e. The molecule has 0 fully saturated rings. The molecule has 29 heavy (non-hydrogen) atoms. The van der Waals surface area contributed by atoms with Crippen LogP contribution in [0.5, 0.6) is 0 Å². The second-order valence-electron chi connectivity index (χ2n) is 4.77. The van der Waals surface area contributed by atoms with E-state index < -0.39 is 0 Å². The van der Waals surface area contributed by atoms with Crippen LogP contribution in [0.3, 0.4) is 0 Å². The third-order valence-electron chi connectivity index (χ3n) is 2.84. The molecule has 0 heteroatoms. The molecule has 1 rings (SSSR count). The SMILES string of the molecule is C/C=C\C.C=C/C=C\C(=C/C)C(=C)/C=C\C.CC.CC.CC#Cc1ccccc1. The fraction of sp³-hybridized carbons (Fsp3) is 0.310. The first-order chi connectivity index (χ1) is 14.1. The van der Waals surface area contributed by atoms with Crippen molar-refractivity contribution in [1.29, 1.82) is 0 Å². The highest BCUT2D eigenvalue weighted by molar-refractivity contribution is 5.44. The first-order valence-corrected chi connectivity index (χ1v) is 10.4. The van der Waals surface area contributed by atoms with Gasteiger partial charge in [0.25, 0.3) is 0 Å². The van der Waals surface area contributed by atoms with Crippen molar-refractivity contribution in [3.8, 4) is 11.8 Å². The Morgan fingerprint density at radius 3 is 1.69 bits per heavy atom. The third kappa shape index (κ3) is 27.5. The van der Waals surface area contributed by atoms with Gasteiger partial charge in [-0.3, -0.25) is 0 Å². The summed E-state index contributed by atoms with van der Waals surface area (Å²) < 4.78 is 0. The predicted octanol–water partition coefficient (Wildman–Crippen LogP) is 9.50. The Morgan fingerprint density at radius 1 is 0.828 bits per heavy atom. The Morgan fingerprint density at radius 2 is 1.34 bits per heavy atom. The lowest BCUT2D eigenvalue weighted by Crippen LogP contribution is -1.78. The van der Waals surface area contributed by atoms with E-state index >= 15 is 0 Å². The van der Waals surface area contributed by atoms with Gasteiger partial charge in [0.15, 0.2) is 0 Å². The van der Waals surface area contributed by atoms with Crippen LogP contribution in [0.2, 0.25) is 0 Å². The lowest BCUT2D eigenvalue weighted by Gasteiger charge is -1.98. The van der Waals surface area contributed by atoms with Crippen molar-refractivity contribution in [2.75, 3.05) is 0 Å². The first kappa shape index (κ1) is 33.8. The Balaban J connectivity index is -0.000000161. The largest absolute Gasteiger partial charge is 0.101 e. The molecule has 0 heterocycles. The van der Waals surface area contributed by atoms with Gasteiger partial charge in [-0.1, -0.05) is 114 Å². The van der Waals surface area contributed by atoms with E-state index in [0.717, 1.165) is 16.7 Å². The van der Waals surface area contributed by atoms with E-state index in [-0.39, 0.29) is 0 Å². The average Bonchev–Trinajstić information content (AvgIpc) is 2.79. The Kier molecular flexibility index (Phi) is 38.3. The lowest BCUT2D eigenvalue weighted by molar-refractivity contribution is 1.50. The minimum Gasteiger partial charge on any atom is -0.101 e. The fourth-order valence-electron chi connectivity index (χ4n) is 1.52. The first-order valence-electron chi connectivity index (χ1n) is 10.4. The lowest BCUT2D eigenvalue weighted by atomic mass is 10.1. The molecular formula is C29H44. The number of hydrogen-bond acceptors (Lipinski definition) is 0. The maximum atomic E-state index is 3.93. The van der Waals surface area contributed by atoms with Gasteiger partial charge in [0.05, 0.1) is 0 Å². The van der Waals surface area contributed by atoms with Gasteiger partial charge in [0, 0.05) is 5.56 Å². The van der Waals surface area contributed by atoms with E-state index in [0.29, 0.717) is 0 Å². The van der Waals surface area contributed by atoms with Gasteiger partial charge in [0.1, 0.15) is 0 Å². The fourth-order valence-corrected chi connectivity index (χ4v) is 1.52. The van der Waals surface area contributed by atoms with Crippen LogP contribution in [-0.4, -0.2) is 0 Å². The Labute approximate surface area is 183 Å². The van der Waals surface area contributed by atoms with Crippen LogP contribution >= 0.6 is 0 Å². The molecule has 0 saturated heterocycles. The molecule has 0 saturated carbocycles. The summed E-state index contributed by atoms with van der Waals surface area (Å²) in [6.07, 6.45) is 15.7. The molecule has 0 nitrogen and oxygen atoms in total. The molecule has 0 spiro atoms. The van der Waals surface area contributed by atoms with Crippen LogP contribution in [0.25, 0.3) is 0 Å². The Hall–Kier alpha value is -2.78. The van der Waals surface area contributed by atoms with Gasteiger partial charge >= 0.3 is 0 Å². The second kappa shape index (κ2) is 32.9. The molecule has 0 amide bonds. The quantitative estimate of drug-likeness (QED) is 0.272. The molecule has 0 bridgehead atoms. The minimum atomic E-state index is 1.03. The molecule has 0 radical (unpaired) electrons. The van der Waals surface area contributed by atoms with Gasteiger partial charge in [0.2, 0.25) is 0 Å². The highest BCUT2D eigenvalue weighted by Crippen LogP contribution is 2.10. The minimum absolute atomic E-state index is 1.03. The van der Waals surface area contributed by atoms with Crippen LogP contribution in [0.4, 0.5) is 0 Å². The summed E-state index contributed by atoms with van der Waals surface area (Å²) in [7, 11) is 0. The zero-order chi connectivity index (χ0) is 23.3. The molecular weight excluding hydrogens is 348 g/mol. The van der Waals surface area contributed by atoms with Crippen molar-refractivity contribution in [2.24, 2.45) is 0 Å². The third-order valence-corrected chi connectivity index (χ3v) is 2.84. The van der Waals surface area contributed by atoms with E-state index in [1.807, 2.05) is 135 Å². The molecule has 0 N–H and O–H groups in total. The molecule has 1 aromatic carbocycles. The molecule has 0 aliphatic heterocycles. The zero-order valence-electron chi connectivity index (χ0n) is 20.4. The summed E-state index contributed by atoms with van der Waals surface area (Å²) in [4.78, 5) is 0. The van der Waals surface area contributed by atoms with Crippen LogP contribution in [0.15, 0.2) is 103 Å². The highest BCUT2D eigenvalue weighted by Gasteiger charge is 1.90. The summed E-state index contributed by atoms with van der Waals surface area (Å²) in [5.74, 6) is 5.79. The van der Waals surface area contributed by atoms with E-state index in [4.69, 9.17) is 0 Å². The summed E-state index contributed by atoms with van der Waals surface area (Å²) >= 11 is 0. The Bertz CT molecular complexity index is 634. The van der Waals surface area contributed by atoms with Crippen LogP contribution in [0.1, 0.15) is 67.9 Å². The van der Waals surface area contributed by atoms with Gasteiger partial charge in [-0.05, 0) is 57.9 Å². The van der Waals surface area contributed by atoms with Crippen molar-refractivity contribution in [1.82, 2.24) is 0 Å². The van der Waals surface area contributed by atoms with E-state index in [1.54, 1.807) is 6.08 Å². The summed E-state index contributed by atoms with van der Waals surface area (Å²) in [6, 6.07) is 9.95. The summed E-state index contributed by atoms with van der Waals surface area (Å²) in [5, 5.41) is 0. The number of allylic oxidation sites excluding steroid dienone is 10. The van der Waals surface area contributed by atoms with Crippen LogP contribution in [0, 0.1) is 11.8 Å². The van der Waals surface area contributed by atoms with Gasteiger partial charge < -0.3 is 0 Å². The molecule has 160 valence electrons. The number of hydrogen-bond donors (Lipinski definition) is 0. The molecule has 1 aromatic rings. The van der Waals surface area contributed by atoms with Crippen LogP contribution in [-0.2, 0) is 0 Å². The molecule has 0 aliphatic carbocycles. The second-order valence-corrected chi connectivity index (χ2v) is 4.77. The highest BCUT2D eigenvalue weighted by atomic mass is 14.0. The van der Waals surface area contributed by atoms with Crippen molar-refractivity contribution >= 4 is 0 Å². The van der Waals surface area contributed by atoms with Crippen LogP contribution < -0.4 is 0 Å². The van der Waals surface area contributed by atoms with Crippen molar-refractivity contribution in [2.45, 2.75) is 62.3 Å². The summed E-state index contributed by atoms with van der Waals surface area (Å²) in [6.45, 7) is 25.4. The van der Waals surface area contributed by atoms with Gasteiger partial charge in [-0.15, -0.1) is 5.92 Å². The van der Waals surface area contributed by atoms with Crippen molar-refractivity contribution in [3.63, 3.8) is 0 Å². The van der Waals surface area contributed by atoms with Gasteiger partial charge in [-0.2, -0.15) is 0 Å². The molecule has 0 aromatic heterocycles. The standard InChI is InChI=1S/C12H16.C9H8.C4H8.2C2H6/c1-5-8-10-12(7-3)11(4)9-6-2;1-2-6-9-7-4-3-5-8-9;1-3-4-2;2*1-2/h5-10H,1,4H2,2-3H3;3-5,7-8H,1H3;3-4H,1-2H3;2*1-2H3/b9-6-,10-8-,12-7+;;4-3-;;. The average molecular weight is 393 g/mol. The number of rotatable bonds is 4. The van der Waals surface area contributed by atoms with E-state index in [1.165, 1.54) is 0 Å². The van der Waals surface area contributed by atoms with E-state index in [9.17, 15) is 0 Å². The maximum Gasteiger partial charge on any atom is 0.0245 e.